The highest BCUT2D eigenvalue weighted by atomic mass is 32.2. The molecule has 1 saturated carbocycles. The van der Waals surface area contributed by atoms with Crippen LogP contribution in [-0.4, -0.2) is 35.6 Å². The number of hydrogen-bond donors (Lipinski definition) is 3. The van der Waals surface area contributed by atoms with Crippen LogP contribution >= 0.6 is 0 Å². The van der Waals surface area contributed by atoms with Crippen molar-refractivity contribution in [2.45, 2.75) is 69.5 Å². The van der Waals surface area contributed by atoms with Crippen molar-refractivity contribution in [3.05, 3.63) is 51.9 Å². The van der Waals surface area contributed by atoms with Crippen molar-refractivity contribution < 1.29 is 8.42 Å². The molecule has 1 aromatic carbocycles. The fraction of sp³-hybridized carbons (Fsp3) is 0.455. The Hall–Kier alpha value is -2.65. The number of fused-ring (bicyclic) bond motifs is 1. The van der Waals surface area contributed by atoms with Gasteiger partial charge in [0.2, 0.25) is 10.0 Å². The first kappa shape index (κ1) is 21.6. The lowest BCUT2D eigenvalue weighted by molar-refractivity contribution is 0.363. The summed E-state index contributed by atoms with van der Waals surface area (Å²) in [6.07, 6.45) is 7.32. The number of nitrogens with two attached hydrogens (primary N) is 1. The summed E-state index contributed by atoms with van der Waals surface area (Å²) in [7, 11) is -3.48. The van der Waals surface area contributed by atoms with Gasteiger partial charge in [-0.05, 0) is 56.5 Å². The average molecular weight is 444 g/mol. The standard InChI is InChI=1S/C22H29N5O3S/c1-14(2)27-13-15-12-17(8-9-19(15)31(27,29)30)26-21(23)20-18(10-11-24-22(20)28)25-16-6-4-3-5-7-16/h8-12,14,16H,3-7,13H2,1-2H3,(H2,23,26)(H2,24,25,28). The molecule has 166 valence electrons. The zero-order valence-electron chi connectivity index (χ0n) is 17.9. The molecule has 0 radical (unpaired) electrons. The maximum atomic E-state index is 12.7. The smallest absolute Gasteiger partial charge is 0.261 e. The summed E-state index contributed by atoms with van der Waals surface area (Å²) >= 11 is 0. The molecule has 9 heteroatoms. The summed E-state index contributed by atoms with van der Waals surface area (Å²) in [4.78, 5) is 20.0. The number of anilines is 1. The lowest BCUT2D eigenvalue weighted by Gasteiger charge is -2.24. The highest BCUT2D eigenvalue weighted by Gasteiger charge is 2.36. The van der Waals surface area contributed by atoms with Crippen LogP contribution in [0.1, 0.15) is 57.1 Å². The number of sulfonamides is 1. The van der Waals surface area contributed by atoms with Gasteiger partial charge in [0.1, 0.15) is 11.4 Å². The number of hydrogen-bond acceptors (Lipinski definition) is 5. The lowest BCUT2D eigenvalue weighted by Crippen LogP contribution is -2.31. The van der Waals surface area contributed by atoms with Crippen LogP contribution in [0.15, 0.2) is 45.1 Å². The van der Waals surface area contributed by atoms with Crippen LogP contribution in [0.25, 0.3) is 0 Å². The number of nitrogens with one attached hydrogen (secondary N) is 2. The average Bonchev–Trinajstić information content (AvgIpc) is 2.99. The first-order valence-electron chi connectivity index (χ1n) is 10.7. The predicted molar refractivity (Wildman–Crippen MR) is 122 cm³/mol. The van der Waals surface area contributed by atoms with E-state index in [-0.39, 0.29) is 17.4 Å². The Balaban J connectivity index is 1.66. The van der Waals surface area contributed by atoms with E-state index in [0.29, 0.717) is 40.0 Å². The Morgan fingerprint density at radius 3 is 2.68 bits per heavy atom. The quantitative estimate of drug-likeness (QED) is 0.484. The number of amidine groups is 1. The molecule has 0 bridgehead atoms. The van der Waals surface area contributed by atoms with Crippen LogP contribution in [0, 0.1) is 0 Å². The normalized spacial score (nSPS) is 19.5. The maximum absolute atomic E-state index is 12.7. The zero-order chi connectivity index (χ0) is 22.2. The summed E-state index contributed by atoms with van der Waals surface area (Å²) in [5.74, 6) is 0.0988. The topological polar surface area (TPSA) is 121 Å². The molecule has 1 aliphatic carbocycles. The molecule has 0 saturated heterocycles. The van der Waals surface area contributed by atoms with Crippen LogP contribution in [-0.2, 0) is 16.6 Å². The van der Waals surface area contributed by atoms with E-state index in [0.717, 1.165) is 12.8 Å². The molecule has 4 rings (SSSR count). The minimum absolute atomic E-state index is 0.0988. The van der Waals surface area contributed by atoms with Gasteiger partial charge >= 0.3 is 0 Å². The highest BCUT2D eigenvalue weighted by Crippen LogP contribution is 2.34. The largest absolute Gasteiger partial charge is 0.383 e. The van der Waals surface area contributed by atoms with Crippen molar-refractivity contribution in [3.8, 4) is 0 Å². The van der Waals surface area contributed by atoms with E-state index in [1.165, 1.54) is 23.6 Å². The SMILES string of the molecule is CC(C)N1Cc2cc(N=C(N)c3c(NC4CCCCC4)cc[nH]c3=O)ccc2S1(=O)=O. The molecule has 0 atom stereocenters. The molecule has 0 unspecified atom stereocenters. The fourth-order valence-electron chi connectivity index (χ4n) is 4.36. The Morgan fingerprint density at radius 2 is 1.97 bits per heavy atom. The summed E-state index contributed by atoms with van der Waals surface area (Å²) < 4.78 is 26.8. The molecular formula is C22H29N5O3S. The molecule has 1 aliphatic heterocycles. The second-order valence-electron chi connectivity index (χ2n) is 8.51. The third-order valence-corrected chi connectivity index (χ3v) is 8.09. The molecule has 8 nitrogen and oxygen atoms in total. The Bertz CT molecular complexity index is 1160. The summed E-state index contributed by atoms with van der Waals surface area (Å²) in [5.41, 5.74) is 8.15. The van der Waals surface area contributed by atoms with E-state index < -0.39 is 10.0 Å². The van der Waals surface area contributed by atoms with Gasteiger partial charge in [-0.15, -0.1) is 0 Å². The predicted octanol–water partition coefficient (Wildman–Crippen LogP) is 3.07. The minimum atomic E-state index is -3.48. The number of nitrogens with zero attached hydrogens (tertiary/aromatic N) is 2. The van der Waals surface area contributed by atoms with Crippen LogP contribution < -0.4 is 16.6 Å². The minimum Gasteiger partial charge on any atom is -0.383 e. The van der Waals surface area contributed by atoms with Crippen molar-refractivity contribution in [1.82, 2.24) is 9.29 Å². The molecule has 4 N–H and O–H groups in total. The van der Waals surface area contributed by atoms with E-state index in [1.807, 2.05) is 19.9 Å². The first-order valence-corrected chi connectivity index (χ1v) is 12.2. The molecule has 0 amide bonds. The van der Waals surface area contributed by atoms with Crippen molar-refractivity contribution in [2.24, 2.45) is 10.7 Å². The number of H-pyrrole nitrogens is 1. The van der Waals surface area contributed by atoms with Crippen LogP contribution in [0.5, 0.6) is 0 Å². The second-order valence-corrected chi connectivity index (χ2v) is 10.4. The van der Waals surface area contributed by atoms with Gasteiger partial charge in [-0.2, -0.15) is 4.31 Å². The third kappa shape index (κ3) is 4.24. The molecular weight excluding hydrogens is 414 g/mol. The van der Waals surface area contributed by atoms with E-state index in [4.69, 9.17) is 5.73 Å². The monoisotopic (exact) mass is 443 g/mol. The number of aliphatic imine (C=N–C) groups is 1. The number of pyridine rings is 1. The van der Waals surface area contributed by atoms with Crippen molar-refractivity contribution >= 4 is 27.2 Å². The zero-order valence-corrected chi connectivity index (χ0v) is 18.7. The van der Waals surface area contributed by atoms with Gasteiger partial charge in [-0.3, -0.25) is 4.79 Å². The number of rotatable bonds is 5. The van der Waals surface area contributed by atoms with Crippen LogP contribution in [0.3, 0.4) is 0 Å². The van der Waals surface area contributed by atoms with Gasteiger partial charge in [-0.25, -0.2) is 13.4 Å². The molecule has 0 spiro atoms. The van der Waals surface area contributed by atoms with Gasteiger partial charge in [0.25, 0.3) is 5.56 Å². The van der Waals surface area contributed by atoms with Gasteiger partial charge in [0, 0.05) is 24.8 Å². The van der Waals surface area contributed by atoms with E-state index in [2.05, 4.69) is 15.3 Å². The lowest BCUT2D eigenvalue weighted by atomic mass is 9.95. The third-order valence-electron chi connectivity index (χ3n) is 5.96. The molecule has 31 heavy (non-hydrogen) atoms. The van der Waals surface area contributed by atoms with Crippen LogP contribution in [0.2, 0.25) is 0 Å². The molecule has 1 aromatic heterocycles. The van der Waals surface area contributed by atoms with E-state index in [9.17, 15) is 13.2 Å². The van der Waals surface area contributed by atoms with Gasteiger partial charge in [0.05, 0.1) is 16.3 Å². The molecule has 1 fully saturated rings. The van der Waals surface area contributed by atoms with Crippen molar-refractivity contribution in [2.75, 3.05) is 5.32 Å². The van der Waals surface area contributed by atoms with Crippen molar-refractivity contribution in [1.29, 1.82) is 0 Å². The van der Waals surface area contributed by atoms with Gasteiger partial charge in [-0.1, -0.05) is 19.3 Å². The molecule has 2 aromatic rings. The highest BCUT2D eigenvalue weighted by molar-refractivity contribution is 7.89. The molecule has 2 aliphatic rings. The Morgan fingerprint density at radius 1 is 1.23 bits per heavy atom. The second kappa shape index (κ2) is 8.47. The maximum Gasteiger partial charge on any atom is 0.261 e. The summed E-state index contributed by atoms with van der Waals surface area (Å²) in [6.45, 7) is 4.00. The Kier molecular flexibility index (Phi) is 5.90. The van der Waals surface area contributed by atoms with E-state index >= 15 is 0 Å². The summed E-state index contributed by atoms with van der Waals surface area (Å²) in [5, 5.41) is 3.46. The van der Waals surface area contributed by atoms with E-state index in [1.54, 1.807) is 24.4 Å². The Labute approximate surface area is 182 Å². The van der Waals surface area contributed by atoms with Gasteiger partial charge < -0.3 is 16.0 Å². The number of aromatic amines is 1. The van der Waals surface area contributed by atoms with Gasteiger partial charge in [0.15, 0.2) is 0 Å². The summed E-state index contributed by atoms with van der Waals surface area (Å²) in [6, 6.07) is 6.91. The molecule has 2 heterocycles. The number of aromatic nitrogens is 1. The van der Waals surface area contributed by atoms with Crippen molar-refractivity contribution in [3.63, 3.8) is 0 Å². The first-order chi connectivity index (χ1) is 14.8. The fourth-order valence-corrected chi connectivity index (χ4v) is 6.18. The number of benzene rings is 1. The van der Waals surface area contributed by atoms with Crippen LogP contribution in [0.4, 0.5) is 11.4 Å².